The maximum Gasteiger partial charge on any atom is 0.230 e. The molecule has 0 saturated carbocycles. The number of aromatic nitrogens is 1. The van der Waals surface area contributed by atoms with E-state index in [2.05, 4.69) is 16.8 Å². The Balaban J connectivity index is 1.80. The van der Waals surface area contributed by atoms with Crippen molar-refractivity contribution in [3.8, 4) is 0 Å². The summed E-state index contributed by atoms with van der Waals surface area (Å²) < 4.78 is 0. The number of nitrogens with zero attached hydrogens (tertiary/aromatic N) is 3. The van der Waals surface area contributed by atoms with Gasteiger partial charge in [0.1, 0.15) is 0 Å². The number of rotatable bonds is 4. The maximum atomic E-state index is 12.2. The molecule has 0 radical (unpaired) electrons. The van der Waals surface area contributed by atoms with E-state index < -0.39 is 0 Å². The monoisotopic (exact) mass is 397 g/mol. The summed E-state index contributed by atoms with van der Waals surface area (Å²) in [6, 6.07) is 5.17. The van der Waals surface area contributed by atoms with Crippen LogP contribution < -0.4 is 4.90 Å². The van der Waals surface area contributed by atoms with Crippen LogP contribution in [0.25, 0.3) is 0 Å². The van der Waals surface area contributed by atoms with E-state index in [1.165, 1.54) is 31.1 Å². The van der Waals surface area contributed by atoms with Gasteiger partial charge < -0.3 is 0 Å². The number of hydrogen-bond acceptors (Lipinski definition) is 4. The summed E-state index contributed by atoms with van der Waals surface area (Å²) in [7, 11) is 0. The van der Waals surface area contributed by atoms with E-state index in [-0.39, 0.29) is 5.91 Å². The highest BCUT2D eigenvalue weighted by molar-refractivity contribution is 7.14. The van der Waals surface area contributed by atoms with Gasteiger partial charge >= 0.3 is 0 Å². The lowest BCUT2D eigenvalue weighted by Crippen LogP contribution is -2.33. The average molecular weight is 398 g/mol. The molecule has 1 aliphatic heterocycles. The van der Waals surface area contributed by atoms with Crippen LogP contribution in [0.2, 0.25) is 10.0 Å². The van der Waals surface area contributed by atoms with Crippen LogP contribution in [-0.4, -0.2) is 28.9 Å². The summed E-state index contributed by atoms with van der Waals surface area (Å²) >= 11 is 13.6. The minimum atomic E-state index is -0.106. The van der Waals surface area contributed by atoms with E-state index in [4.69, 9.17) is 23.2 Å². The Morgan fingerprint density at radius 1 is 1.40 bits per heavy atom. The lowest BCUT2D eigenvalue weighted by Gasteiger charge is -2.30. The highest BCUT2D eigenvalue weighted by Crippen LogP contribution is 2.33. The normalized spacial score (nSPS) is 18.3. The van der Waals surface area contributed by atoms with Crippen LogP contribution in [0, 0.1) is 5.92 Å². The van der Waals surface area contributed by atoms with Gasteiger partial charge in [0.2, 0.25) is 5.91 Å². The van der Waals surface area contributed by atoms with Crippen molar-refractivity contribution in [2.45, 2.75) is 33.2 Å². The molecule has 25 heavy (non-hydrogen) atoms. The molecule has 1 amide bonds. The van der Waals surface area contributed by atoms with Gasteiger partial charge in [-0.15, -0.1) is 11.3 Å². The number of carbonyl (C=O) groups is 1. The topological polar surface area (TPSA) is 36.4 Å². The summed E-state index contributed by atoms with van der Waals surface area (Å²) in [4.78, 5) is 20.9. The van der Waals surface area contributed by atoms with Gasteiger partial charge in [-0.3, -0.25) is 14.6 Å². The van der Waals surface area contributed by atoms with E-state index in [1.54, 1.807) is 23.1 Å². The SMILES string of the molecule is CC(=O)N(c1ccc(Cl)c(Cl)c1)c1nc(CN2CCC[C@@H](C)C2)cs1. The van der Waals surface area contributed by atoms with Crippen molar-refractivity contribution in [3.05, 3.63) is 39.3 Å². The molecule has 1 aromatic carbocycles. The van der Waals surface area contributed by atoms with Crippen molar-refractivity contribution in [2.24, 2.45) is 5.92 Å². The Bertz CT molecular complexity index is 765. The molecular weight excluding hydrogens is 377 g/mol. The summed E-state index contributed by atoms with van der Waals surface area (Å²) in [5, 5.41) is 3.57. The van der Waals surface area contributed by atoms with Crippen molar-refractivity contribution in [1.29, 1.82) is 0 Å². The van der Waals surface area contributed by atoms with Gasteiger partial charge in [0.15, 0.2) is 5.13 Å². The number of amides is 1. The summed E-state index contributed by atoms with van der Waals surface area (Å²) in [6.07, 6.45) is 2.54. The van der Waals surface area contributed by atoms with Crippen molar-refractivity contribution in [3.63, 3.8) is 0 Å². The molecule has 134 valence electrons. The zero-order chi connectivity index (χ0) is 18.0. The number of likely N-dealkylation sites (tertiary alicyclic amines) is 1. The van der Waals surface area contributed by atoms with Gasteiger partial charge in [-0.2, -0.15) is 0 Å². The summed E-state index contributed by atoms with van der Waals surface area (Å²) in [6.45, 7) is 6.86. The second kappa shape index (κ2) is 8.04. The van der Waals surface area contributed by atoms with Crippen molar-refractivity contribution < 1.29 is 4.79 Å². The predicted molar refractivity (Wildman–Crippen MR) is 105 cm³/mol. The molecule has 0 spiro atoms. The third-order valence-corrected chi connectivity index (χ3v) is 5.95. The van der Waals surface area contributed by atoms with E-state index in [9.17, 15) is 4.79 Å². The fraction of sp³-hybridized carbons (Fsp3) is 0.444. The van der Waals surface area contributed by atoms with E-state index >= 15 is 0 Å². The van der Waals surface area contributed by atoms with Crippen LogP contribution in [0.4, 0.5) is 10.8 Å². The van der Waals surface area contributed by atoms with Crippen LogP contribution in [-0.2, 0) is 11.3 Å². The first-order valence-corrected chi connectivity index (χ1v) is 10.00. The third-order valence-electron chi connectivity index (χ3n) is 4.33. The minimum absolute atomic E-state index is 0.106. The van der Waals surface area contributed by atoms with E-state index in [1.807, 2.05) is 5.38 Å². The Labute approximate surface area is 162 Å². The lowest BCUT2D eigenvalue weighted by atomic mass is 10.0. The zero-order valence-corrected chi connectivity index (χ0v) is 16.7. The molecule has 2 heterocycles. The molecule has 4 nitrogen and oxygen atoms in total. The fourth-order valence-corrected chi connectivity index (χ4v) is 4.35. The highest BCUT2D eigenvalue weighted by atomic mass is 35.5. The number of piperidine rings is 1. The molecule has 3 rings (SSSR count). The molecule has 1 atom stereocenters. The molecule has 0 bridgehead atoms. The quantitative estimate of drug-likeness (QED) is 0.695. The van der Waals surface area contributed by atoms with Gasteiger partial charge in [0.25, 0.3) is 0 Å². The maximum absolute atomic E-state index is 12.2. The zero-order valence-electron chi connectivity index (χ0n) is 14.3. The molecule has 7 heteroatoms. The Morgan fingerprint density at radius 2 is 2.20 bits per heavy atom. The fourth-order valence-electron chi connectivity index (χ4n) is 3.18. The van der Waals surface area contributed by atoms with Gasteiger partial charge in [0.05, 0.1) is 21.4 Å². The second-order valence-corrected chi connectivity index (χ2v) is 8.21. The molecule has 0 N–H and O–H groups in total. The Morgan fingerprint density at radius 3 is 2.88 bits per heavy atom. The van der Waals surface area contributed by atoms with Gasteiger partial charge in [-0.25, -0.2) is 4.98 Å². The number of benzene rings is 1. The first kappa shape index (κ1) is 18.6. The van der Waals surface area contributed by atoms with Crippen molar-refractivity contribution >= 4 is 51.3 Å². The molecule has 1 fully saturated rings. The molecule has 1 saturated heterocycles. The number of thiazole rings is 1. The smallest absolute Gasteiger partial charge is 0.230 e. The lowest BCUT2D eigenvalue weighted by molar-refractivity contribution is -0.115. The number of halogens is 2. The summed E-state index contributed by atoms with van der Waals surface area (Å²) in [5.74, 6) is 0.627. The Kier molecular flexibility index (Phi) is 6.00. The molecular formula is C18H21Cl2N3OS. The van der Waals surface area contributed by atoms with Gasteiger partial charge in [-0.05, 0) is 43.5 Å². The molecule has 1 aliphatic rings. The second-order valence-electron chi connectivity index (χ2n) is 6.56. The van der Waals surface area contributed by atoms with Crippen LogP contribution >= 0.6 is 34.5 Å². The van der Waals surface area contributed by atoms with Crippen molar-refractivity contribution in [1.82, 2.24) is 9.88 Å². The Hall–Kier alpha value is -1.14. The number of hydrogen-bond donors (Lipinski definition) is 0. The molecule has 0 aliphatic carbocycles. The largest absolute Gasteiger partial charge is 0.297 e. The average Bonchev–Trinajstić information content (AvgIpc) is 2.98. The van der Waals surface area contributed by atoms with E-state index in [0.29, 0.717) is 20.9 Å². The molecule has 2 aromatic rings. The first-order chi connectivity index (χ1) is 11.9. The number of carbonyl (C=O) groups excluding carboxylic acids is 1. The van der Waals surface area contributed by atoms with Crippen LogP contribution in [0.3, 0.4) is 0 Å². The highest BCUT2D eigenvalue weighted by Gasteiger charge is 2.21. The van der Waals surface area contributed by atoms with Crippen LogP contribution in [0.15, 0.2) is 23.6 Å². The minimum Gasteiger partial charge on any atom is -0.297 e. The summed E-state index contributed by atoms with van der Waals surface area (Å²) in [5.41, 5.74) is 1.68. The van der Waals surface area contributed by atoms with Gasteiger partial charge in [-0.1, -0.05) is 30.1 Å². The van der Waals surface area contributed by atoms with Crippen LogP contribution in [0.5, 0.6) is 0 Å². The molecule has 0 unspecified atom stereocenters. The third kappa shape index (κ3) is 4.53. The standard InChI is InChI=1S/C18H21Cl2N3OS/c1-12-4-3-7-22(9-12)10-14-11-25-18(21-14)23(13(2)24)15-5-6-16(19)17(20)8-15/h5-6,8,11-12H,3-4,7,9-10H2,1-2H3/t12-/m1/s1. The molecule has 1 aromatic heterocycles. The van der Waals surface area contributed by atoms with Crippen LogP contribution in [0.1, 0.15) is 32.4 Å². The predicted octanol–water partition coefficient (Wildman–Crippen LogP) is 5.37. The first-order valence-electron chi connectivity index (χ1n) is 8.36. The van der Waals surface area contributed by atoms with Gasteiger partial charge in [0, 0.05) is 25.4 Å². The van der Waals surface area contributed by atoms with E-state index in [0.717, 1.165) is 31.2 Å². The van der Waals surface area contributed by atoms with Crippen molar-refractivity contribution in [2.75, 3.05) is 18.0 Å². The number of anilines is 2.